The molecule has 0 aliphatic rings. The molecule has 0 fully saturated rings. The minimum Gasteiger partial charge on any atom is -0.0722 e. The molecule has 0 amide bonds. The van der Waals surface area contributed by atoms with Gasteiger partial charge in [0.1, 0.15) is 0 Å². The standard InChI is InChI=1S/C34H28.C13H12.C3H8.C2H6/c1-26(27-13-5-2-6-14-27)25-31(28-15-7-3-8-16-28)22-21-30-23-24-33(29-17-9-4-10-18-29)34-20-12-11-19-32(30)34;1-3-7-12(8-4-1)11-13-9-5-2-6-10-13;1-3-2;1-2/h2-20,22-25H,21H2,1H3;1-10H,11H2;3H2,1-2H3;1-2H3/b26-25+,31-22+;;;. The van der Waals surface area contributed by atoms with E-state index in [1.54, 1.807) is 0 Å². The molecule has 0 radical (unpaired) electrons. The molecule has 0 bridgehead atoms. The summed E-state index contributed by atoms with van der Waals surface area (Å²) < 4.78 is 0. The molecule has 0 nitrogen and oxygen atoms in total. The van der Waals surface area contributed by atoms with Crippen LogP contribution < -0.4 is 0 Å². The summed E-state index contributed by atoms with van der Waals surface area (Å²) in [4.78, 5) is 0. The number of hydrogen-bond donors (Lipinski definition) is 0. The van der Waals surface area contributed by atoms with E-state index in [4.69, 9.17) is 0 Å². The number of fused-ring (bicyclic) bond motifs is 1. The SMILES string of the molecule is C/C(=C\C(=C/Cc1ccc(-c2ccccc2)c2ccccc12)c1ccccc1)c1ccccc1.CC.CCC.c1ccc(Cc2ccccc2)cc1. The molecule has 0 aliphatic heterocycles. The summed E-state index contributed by atoms with van der Waals surface area (Å²) in [5.74, 6) is 0. The van der Waals surface area contributed by atoms with Gasteiger partial charge in [-0.1, -0.05) is 234 Å². The largest absolute Gasteiger partial charge is 0.0722 e. The summed E-state index contributed by atoms with van der Waals surface area (Å²) in [5, 5.41) is 2.62. The van der Waals surface area contributed by atoms with Gasteiger partial charge in [-0.05, 0) is 80.6 Å². The van der Waals surface area contributed by atoms with Crippen molar-refractivity contribution >= 4 is 21.9 Å². The summed E-state index contributed by atoms with van der Waals surface area (Å²) in [6.45, 7) is 10.4. The molecule has 0 saturated heterocycles. The molecule has 7 aromatic rings. The van der Waals surface area contributed by atoms with Crippen LogP contribution in [0, 0.1) is 0 Å². The Kier molecular flexibility index (Phi) is 16.7. The first kappa shape index (κ1) is 39.1. The average molecular weight is 679 g/mol. The predicted octanol–water partition coefficient (Wildman–Crippen LogP) is 15.0. The summed E-state index contributed by atoms with van der Waals surface area (Å²) in [6, 6.07) is 66.3. The Bertz CT molecular complexity index is 2020. The van der Waals surface area contributed by atoms with Crippen LogP contribution in [0.5, 0.6) is 0 Å². The molecule has 0 heterocycles. The van der Waals surface area contributed by atoms with Crippen molar-refractivity contribution in [1.29, 1.82) is 0 Å². The summed E-state index contributed by atoms with van der Waals surface area (Å²) in [5.41, 5.74) is 11.6. The number of allylic oxidation sites excluding steroid dienone is 4. The second-order valence-corrected chi connectivity index (χ2v) is 12.5. The zero-order chi connectivity index (χ0) is 36.8. The molecule has 0 aromatic heterocycles. The number of rotatable bonds is 8. The zero-order valence-corrected chi connectivity index (χ0v) is 31.7. The van der Waals surface area contributed by atoms with Gasteiger partial charge in [0, 0.05) is 0 Å². The molecule has 0 spiro atoms. The smallest absolute Gasteiger partial charge is 0.00258 e. The van der Waals surface area contributed by atoms with E-state index in [9.17, 15) is 0 Å². The van der Waals surface area contributed by atoms with Crippen molar-refractivity contribution in [3.8, 4) is 11.1 Å². The highest BCUT2D eigenvalue weighted by Gasteiger charge is 2.08. The van der Waals surface area contributed by atoms with E-state index in [1.807, 2.05) is 13.8 Å². The molecule has 262 valence electrons. The van der Waals surface area contributed by atoms with E-state index in [0.717, 1.165) is 12.8 Å². The van der Waals surface area contributed by atoms with Crippen molar-refractivity contribution in [3.05, 3.63) is 228 Å². The Balaban J connectivity index is 0.000000278. The highest BCUT2D eigenvalue weighted by molar-refractivity contribution is 5.98. The van der Waals surface area contributed by atoms with E-state index in [1.165, 1.54) is 67.3 Å². The van der Waals surface area contributed by atoms with Gasteiger partial charge in [0.15, 0.2) is 0 Å². The molecule has 0 unspecified atom stereocenters. The quantitative estimate of drug-likeness (QED) is 0.140. The van der Waals surface area contributed by atoms with Gasteiger partial charge in [0.05, 0.1) is 0 Å². The van der Waals surface area contributed by atoms with Gasteiger partial charge in [0.2, 0.25) is 0 Å². The van der Waals surface area contributed by atoms with E-state index < -0.39 is 0 Å². The first-order chi connectivity index (χ1) is 25.7. The Morgan fingerprint density at radius 3 is 1.40 bits per heavy atom. The second-order valence-electron chi connectivity index (χ2n) is 12.5. The van der Waals surface area contributed by atoms with E-state index in [0.29, 0.717) is 0 Å². The molecule has 7 rings (SSSR count). The first-order valence-electron chi connectivity index (χ1n) is 18.8. The monoisotopic (exact) mass is 678 g/mol. The van der Waals surface area contributed by atoms with Crippen LogP contribution in [-0.2, 0) is 12.8 Å². The van der Waals surface area contributed by atoms with Gasteiger partial charge in [-0.15, -0.1) is 0 Å². The molecule has 7 aromatic carbocycles. The van der Waals surface area contributed by atoms with Gasteiger partial charge in [0.25, 0.3) is 0 Å². The molecule has 0 atom stereocenters. The minimum absolute atomic E-state index is 0.873. The lowest BCUT2D eigenvalue weighted by Gasteiger charge is -2.12. The van der Waals surface area contributed by atoms with Crippen molar-refractivity contribution in [2.45, 2.75) is 53.9 Å². The predicted molar refractivity (Wildman–Crippen MR) is 231 cm³/mol. The molecular weight excluding hydrogens is 625 g/mol. The molecule has 0 aliphatic carbocycles. The molecule has 52 heavy (non-hydrogen) atoms. The Hall–Kier alpha value is -5.72. The van der Waals surface area contributed by atoms with Crippen LogP contribution in [0.4, 0.5) is 0 Å². The normalized spacial score (nSPS) is 10.9. The molecule has 0 N–H and O–H groups in total. The lowest BCUT2D eigenvalue weighted by molar-refractivity contribution is 1.09. The van der Waals surface area contributed by atoms with Gasteiger partial charge in [-0.2, -0.15) is 0 Å². The van der Waals surface area contributed by atoms with Crippen LogP contribution in [0.1, 0.15) is 68.9 Å². The van der Waals surface area contributed by atoms with Crippen molar-refractivity contribution in [3.63, 3.8) is 0 Å². The summed E-state index contributed by atoms with van der Waals surface area (Å²) in [7, 11) is 0. The van der Waals surface area contributed by atoms with Crippen LogP contribution in [0.15, 0.2) is 200 Å². The topological polar surface area (TPSA) is 0 Å². The third-order valence-electron chi connectivity index (χ3n) is 8.44. The van der Waals surface area contributed by atoms with Gasteiger partial charge < -0.3 is 0 Å². The fraction of sp³-hybridized carbons (Fsp3) is 0.154. The van der Waals surface area contributed by atoms with Crippen LogP contribution in [0.25, 0.3) is 33.0 Å². The van der Waals surface area contributed by atoms with Crippen molar-refractivity contribution in [2.75, 3.05) is 0 Å². The maximum atomic E-state index is 2.37. The third-order valence-corrected chi connectivity index (χ3v) is 8.44. The zero-order valence-electron chi connectivity index (χ0n) is 31.7. The van der Waals surface area contributed by atoms with Gasteiger partial charge in [-0.3, -0.25) is 0 Å². The van der Waals surface area contributed by atoms with Gasteiger partial charge in [-0.25, -0.2) is 0 Å². The summed E-state index contributed by atoms with van der Waals surface area (Å²) in [6.07, 6.45) is 7.83. The van der Waals surface area contributed by atoms with Gasteiger partial charge >= 0.3 is 0 Å². The Morgan fingerprint density at radius 2 is 0.885 bits per heavy atom. The van der Waals surface area contributed by atoms with Crippen LogP contribution in [0.2, 0.25) is 0 Å². The lowest BCUT2D eigenvalue weighted by atomic mass is 9.92. The van der Waals surface area contributed by atoms with Crippen LogP contribution in [-0.4, -0.2) is 0 Å². The minimum atomic E-state index is 0.873. The van der Waals surface area contributed by atoms with Crippen molar-refractivity contribution in [2.24, 2.45) is 0 Å². The molecular formula is C52H54. The average Bonchev–Trinajstić information content (AvgIpc) is 3.22. The van der Waals surface area contributed by atoms with Crippen molar-refractivity contribution in [1.82, 2.24) is 0 Å². The number of benzene rings is 7. The van der Waals surface area contributed by atoms with Crippen LogP contribution in [0.3, 0.4) is 0 Å². The van der Waals surface area contributed by atoms with Crippen molar-refractivity contribution < 1.29 is 0 Å². The molecule has 0 saturated carbocycles. The highest BCUT2D eigenvalue weighted by Crippen LogP contribution is 2.32. The van der Waals surface area contributed by atoms with Crippen LogP contribution >= 0.6 is 0 Å². The number of hydrogen-bond acceptors (Lipinski definition) is 0. The first-order valence-corrected chi connectivity index (χ1v) is 18.8. The fourth-order valence-corrected chi connectivity index (χ4v) is 5.96. The second kappa shape index (κ2) is 22.2. The lowest BCUT2D eigenvalue weighted by Crippen LogP contribution is -1.90. The van der Waals surface area contributed by atoms with E-state index in [2.05, 4.69) is 221 Å². The Morgan fingerprint density at radius 1 is 0.462 bits per heavy atom. The van der Waals surface area contributed by atoms with E-state index >= 15 is 0 Å². The van der Waals surface area contributed by atoms with E-state index in [-0.39, 0.29) is 0 Å². The molecule has 0 heteroatoms. The maximum Gasteiger partial charge on any atom is -0.00258 e. The fourth-order valence-electron chi connectivity index (χ4n) is 5.96. The third kappa shape index (κ3) is 12.0. The maximum absolute atomic E-state index is 2.37. The highest BCUT2D eigenvalue weighted by atomic mass is 14.1. The summed E-state index contributed by atoms with van der Waals surface area (Å²) >= 11 is 0. The Labute approximate surface area is 313 Å².